The van der Waals surface area contributed by atoms with Crippen molar-refractivity contribution in [3.8, 4) is 0 Å². The minimum atomic E-state index is -0.390. The van der Waals surface area contributed by atoms with Gasteiger partial charge in [0.05, 0.1) is 23.4 Å². The first-order valence-electron chi connectivity index (χ1n) is 6.40. The molecule has 0 aliphatic rings. The molecular weight excluding hydrogens is 258 g/mol. The molecule has 4 heteroatoms. The van der Waals surface area contributed by atoms with E-state index in [0.29, 0.717) is 16.4 Å². The van der Waals surface area contributed by atoms with Crippen molar-refractivity contribution in [1.82, 2.24) is 9.97 Å². The quantitative estimate of drug-likeness (QED) is 0.568. The fourth-order valence-corrected chi connectivity index (χ4v) is 2.45. The molecule has 3 aromatic rings. The maximum atomic E-state index is 13.5. The first kappa shape index (κ1) is 12.9. The van der Waals surface area contributed by atoms with Gasteiger partial charge in [0, 0.05) is 10.8 Å². The summed E-state index contributed by atoms with van der Waals surface area (Å²) in [6.45, 7) is 6.10. The highest BCUT2D eigenvalue weighted by Gasteiger charge is 2.20. The van der Waals surface area contributed by atoms with Crippen molar-refractivity contribution in [3.63, 3.8) is 0 Å². The van der Waals surface area contributed by atoms with Crippen LogP contribution in [0.15, 0.2) is 30.6 Å². The third-order valence-electron chi connectivity index (χ3n) is 3.36. The van der Waals surface area contributed by atoms with Crippen molar-refractivity contribution in [2.45, 2.75) is 26.2 Å². The van der Waals surface area contributed by atoms with E-state index < -0.39 is 0 Å². The summed E-state index contributed by atoms with van der Waals surface area (Å²) in [4.78, 5) is 8.25. The number of hydrogen-bond acceptors (Lipinski definition) is 2. The van der Waals surface area contributed by atoms with Crippen LogP contribution in [-0.2, 0) is 5.41 Å². The van der Waals surface area contributed by atoms with Crippen LogP contribution >= 0.6 is 0 Å². The second-order valence-electron chi connectivity index (χ2n) is 5.95. The van der Waals surface area contributed by atoms with E-state index in [1.54, 1.807) is 0 Å². The Morgan fingerprint density at radius 3 is 2.10 bits per heavy atom. The summed E-state index contributed by atoms with van der Waals surface area (Å²) in [6, 6.07) is 4.77. The van der Waals surface area contributed by atoms with Crippen molar-refractivity contribution in [2.75, 3.05) is 0 Å². The van der Waals surface area contributed by atoms with Gasteiger partial charge in [-0.3, -0.25) is 9.97 Å². The minimum Gasteiger partial charge on any atom is -0.251 e. The largest absolute Gasteiger partial charge is 0.251 e. The molecule has 0 aliphatic heterocycles. The normalized spacial score (nSPS) is 12.2. The lowest BCUT2D eigenvalue weighted by molar-refractivity contribution is 0.594. The van der Waals surface area contributed by atoms with Gasteiger partial charge in [0.1, 0.15) is 11.6 Å². The molecule has 0 amide bonds. The molecule has 0 radical (unpaired) electrons. The summed E-state index contributed by atoms with van der Waals surface area (Å²) in [7, 11) is 0. The predicted molar refractivity (Wildman–Crippen MR) is 75.7 cm³/mol. The van der Waals surface area contributed by atoms with Crippen LogP contribution < -0.4 is 0 Å². The van der Waals surface area contributed by atoms with Crippen LogP contribution in [0.25, 0.3) is 21.8 Å². The van der Waals surface area contributed by atoms with E-state index in [4.69, 9.17) is 0 Å². The van der Waals surface area contributed by atoms with E-state index in [0.717, 1.165) is 17.1 Å². The first-order valence-corrected chi connectivity index (χ1v) is 6.40. The molecule has 2 aromatic heterocycles. The van der Waals surface area contributed by atoms with Gasteiger partial charge in [0.2, 0.25) is 0 Å². The highest BCUT2D eigenvalue weighted by atomic mass is 19.1. The SMILES string of the molecule is CC(C)(C)c1cc2cc(F)cnc2c2ncc(F)cc12. The van der Waals surface area contributed by atoms with Crippen LogP contribution in [0, 0.1) is 11.6 Å². The van der Waals surface area contributed by atoms with Gasteiger partial charge in [0.15, 0.2) is 0 Å². The number of rotatable bonds is 0. The molecule has 0 saturated heterocycles. The molecule has 2 heterocycles. The van der Waals surface area contributed by atoms with Crippen LogP contribution in [-0.4, -0.2) is 9.97 Å². The number of halogens is 2. The predicted octanol–water partition coefficient (Wildman–Crippen LogP) is 4.36. The van der Waals surface area contributed by atoms with Gasteiger partial charge in [-0.2, -0.15) is 0 Å². The molecule has 0 fully saturated rings. The average Bonchev–Trinajstić information content (AvgIpc) is 2.36. The van der Waals surface area contributed by atoms with Crippen LogP contribution in [0.4, 0.5) is 8.78 Å². The summed E-state index contributed by atoms with van der Waals surface area (Å²) in [6.07, 6.45) is 2.32. The first-order chi connectivity index (χ1) is 9.36. The Morgan fingerprint density at radius 2 is 1.45 bits per heavy atom. The van der Waals surface area contributed by atoms with Crippen LogP contribution in [0.5, 0.6) is 0 Å². The molecule has 0 aliphatic carbocycles. The van der Waals surface area contributed by atoms with Crippen LogP contribution in [0.1, 0.15) is 26.3 Å². The molecule has 102 valence electrons. The highest BCUT2D eigenvalue weighted by Crippen LogP contribution is 2.34. The Kier molecular flexibility index (Phi) is 2.71. The van der Waals surface area contributed by atoms with E-state index in [1.165, 1.54) is 18.3 Å². The molecule has 0 atom stereocenters. The summed E-state index contributed by atoms with van der Waals surface area (Å²) >= 11 is 0. The van der Waals surface area contributed by atoms with E-state index in [-0.39, 0.29) is 17.0 Å². The van der Waals surface area contributed by atoms with Gasteiger partial charge >= 0.3 is 0 Å². The van der Waals surface area contributed by atoms with Crippen LogP contribution in [0.2, 0.25) is 0 Å². The smallest absolute Gasteiger partial charge is 0.142 e. The van der Waals surface area contributed by atoms with Crippen LogP contribution in [0.3, 0.4) is 0 Å². The minimum absolute atomic E-state index is 0.200. The molecule has 0 unspecified atom stereocenters. The van der Waals surface area contributed by atoms with Crippen molar-refractivity contribution >= 4 is 21.8 Å². The van der Waals surface area contributed by atoms with Crippen molar-refractivity contribution in [1.29, 1.82) is 0 Å². The average molecular weight is 272 g/mol. The van der Waals surface area contributed by atoms with Gasteiger partial charge in [0.25, 0.3) is 0 Å². The number of pyridine rings is 2. The number of aromatic nitrogens is 2. The summed E-state index contributed by atoms with van der Waals surface area (Å²) in [5.41, 5.74) is 1.93. The van der Waals surface area contributed by atoms with Gasteiger partial charge in [-0.1, -0.05) is 20.8 Å². The molecule has 1 aromatic carbocycles. The third-order valence-corrected chi connectivity index (χ3v) is 3.36. The summed E-state index contributed by atoms with van der Waals surface area (Å²) in [5, 5.41) is 1.41. The van der Waals surface area contributed by atoms with Gasteiger partial charge in [-0.25, -0.2) is 8.78 Å². The van der Waals surface area contributed by atoms with E-state index in [2.05, 4.69) is 9.97 Å². The Bertz CT molecular complexity index is 820. The Hall–Kier alpha value is -2.10. The molecule has 0 N–H and O–H groups in total. The standard InChI is InChI=1S/C16H14F2N2/c1-16(2,3)13-5-9-4-10(17)7-19-14(9)15-12(13)6-11(18)8-20-15/h4-8H,1-3H3. The Balaban J connectivity index is 2.54. The maximum absolute atomic E-state index is 13.5. The lowest BCUT2D eigenvalue weighted by Crippen LogP contribution is -2.12. The van der Waals surface area contributed by atoms with Crippen molar-refractivity contribution in [3.05, 3.63) is 47.8 Å². The second-order valence-corrected chi connectivity index (χ2v) is 5.95. The van der Waals surface area contributed by atoms with E-state index in [9.17, 15) is 8.78 Å². The Morgan fingerprint density at radius 1 is 0.850 bits per heavy atom. The summed E-state index contributed by atoms with van der Waals surface area (Å²) in [5.74, 6) is -0.775. The number of hydrogen-bond donors (Lipinski definition) is 0. The zero-order valence-corrected chi connectivity index (χ0v) is 11.5. The zero-order chi connectivity index (χ0) is 14.5. The Labute approximate surface area is 115 Å². The molecule has 0 bridgehead atoms. The van der Waals surface area contributed by atoms with E-state index >= 15 is 0 Å². The fourth-order valence-electron chi connectivity index (χ4n) is 2.45. The number of fused-ring (bicyclic) bond motifs is 3. The maximum Gasteiger partial charge on any atom is 0.142 e. The molecule has 2 nitrogen and oxygen atoms in total. The van der Waals surface area contributed by atoms with Gasteiger partial charge in [-0.05, 0) is 29.2 Å². The number of nitrogens with zero attached hydrogens (tertiary/aromatic N) is 2. The lowest BCUT2D eigenvalue weighted by Gasteiger charge is -2.22. The summed E-state index contributed by atoms with van der Waals surface area (Å²) < 4.78 is 26.9. The topological polar surface area (TPSA) is 25.8 Å². The fraction of sp³-hybridized carbons (Fsp3) is 0.250. The highest BCUT2D eigenvalue weighted by molar-refractivity contribution is 6.04. The molecule has 3 rings (SSSR count). The molecule has 0 spiro atoms. The third kappa shape index (κ3) is 2.01. The van der Waals surface area contributed by atoms with Gasteiger partial charge in [-0.15, -0.1) is 0 Å². The molecule has 20 heavy (non-hydrogen) atoms. The number of benzene rings is 1. The van der Waals surface area contributed by atoms with Crippen molar-refractivity contribution in [2.24, 2.45) is 0 Å². The zero-order valence-electron chi connectivity index (χ0n) is 11.5. The van der Waals surface area contributed by atoms with Crippen molar-refractivity contribution < 1.29 is 8.78 Å². The second kappa shape index (κ2) is 4.20. The van der Waals surface area contributed by atoms with E-state index in [1.807, 2.05) is 26.8 Å². The lowest BCUT2D eigenvalue weighted by atomic mass is 9.83. The van der Waals surface area contributed by atoms with Gasteiger partial charge < -0.3 is 0 Å². The molecular formula is C16H14F2N2. The monoisotopic (exact) mass is 272 g/mol. The molecule has 0 saturated carbocycles.